The van der Waals surface area contributed by atoms with E-state index in [9.17, 15) is 24.2 Å². The minimum atomic E-state index is -4.06. The van der Waals surface area contributed by atoms with E-state index in [1.807, 2.05) is 0 Å². The largest absolute Gasteiger partial charge is 0.549 e. The molecule has 0 saturated heterocycles. The van der Waals surface area contributed by atoms with E-state index < -0.39 is 25.3 Å². The highest BCUT2D eigenvalue weighted by Gasteiger charge is 2.33. The van der Waals surface area contributed by atoms with Crippen LogP contribution in [0.25, 0.3) is 0 Å². The van der Waals surface area contributed by atoms with Crippen LogP contribution in [0.2, 0.25) is 0 Å². The fraction of sp³-hybridized carbons (Fsp3) is 0.333. The summed E-state index contributed by atoms with van der Waals surface area (Å²) in [6.07, 6.45) is -0.247. The lowest BCUT2D eigenvalue weighted by molar-refractivity contribution is -0.305. The van der Waals surface area contributed by atoms with Gasteiger partial charge in [0.25, 0.3) is 0 Å². The van der Waals surface area contributed by atoms with Gasteiger partial charge in [0.2, 0.25) is 13.8 Å². The van der Waals surface area contributed by atoms with E-state index in [1.54, 1.807) is 30.3 Å². The second kappa shape index (κ2) is 6.50. The molecule has 1 unspecified atom stereocenters. The summed E-state index contributed by atoms with van der Waals surface area (Å²) < 4.78 is 12.1. The highest BCUT2D eigenvalue weighted by Crippen LogP contribution is 2.47. The van der Waals surface area contributed by atoms with Crippen LogP contribution in [0.15, 0.2) is 30.3 Å². The lowest BCUT2D eigenvalue weighted by Gasteiger charge is -2.26. The Bertz CT molecular complexity index is 490. The second-order valence-electron chi connectivity index (χ2n) is 4.28. The molecule has 19 heavy (non-hydrogen) atoms. The molecule has 0 bridgehead atoms. The molecule has 1 rings (SSSR count). The lowest BCUT2D eigenvalue weighted by Crippen LogP contribution is -2.39. The SMILES string of the molecule is CN(C=O)CP(=O)(O)[C@@H](Cc1ccccc1)C(=O)[O-]. The number of carbonyl (C=O) groups excluding carboxylic acids is 2. The Morgan fingerprint density at radius 2 is 2.05 bits per heavy atom. The molecule has 1 amide bonds. The van der Waals surface area contributed by atoms with Crippen LogP contribution in [0.5, 0.6) is 0 Å². The van der Waals surface area contributed by atoms with Crippen molar-refractivity contribution in [2.45, 2.75) is 12.1 Å². The number of hydrogen-bond donors (Lipinski definition) is 1. The van der Waals surface area contributed by atoms with Crippen LogP contribution in [0, 0.1) is 0 Å². The highest BCUT2D eigenvalue weighted by molar-refractivity contribution is 7.59. The van der Waals surface area contributed by atoms with Gasteiger partial charge in [-0.2, -0.15) is 0 Å². The van der Waals surface area contributed by atoms with Crippen LogP contribution in [-0.2, 0) is 20.6 Å². The summed E-state index contributed by atoms with van der Waals surface area (Å²) in [5, 5.41) is 11.1. The summed E-state index contributed by atoms with van der Waals surface area (Å²) in [6, 6.07) is 8.51. The first kappa shape index (κ1) is 15.4. The Balaban J connectivity index is 2.91. The number of carboxylic acid groups (broad SMARTS) is 1. The van der Waals surface area contributed by atoms with Gasteiger partial charge in [-0.3, -0.25) is 9.36 Å². The van der Waals surface area contributed by atoms with Crippen LogP contribution in [0.3, 0.4) is 0 Å². The molecule has 1 N–H and O–H groups in total. The molecule has 6 nitrogen and oxygen atoms in total. The number of aliphatic carboxylic acids is 1. The first-order valence-corrected chi connectivity index (χ1v) is 7.50. The van der Waals surface area contributed by atoms with Crippen LogP contribution >= 0.6 is 7.37 Å². The summed E-state index contributed by atoms with van der Waals surface area (Å²) in [7, 11) is -2.75. The smallest absolute Gasteiger partial charge is 0.228 e. The van der Waals surface area contributed by atoms with Gasteiger partial charge in [0.05, 0.1) is 17.9 Å². The standard InChI is InChI=1S/C12H16NO5P/c1-13(8-14)9-19(17,18)11(12(15)16)7-10-5-3-2-4-6-10/h2-6,8,11H,7,9H2,1H3,(H,15,16)(H,17,18)/p-1/t11-/m0/s1. The van der Waals surface area contributed by atoms with Crippen molar-refractivity contribution in [2.24, 2.45) is 0 Å². The topological polar surface area (TPSA) is 97.7 Å². The van der Waals surface area contributed by atoms with Crippen molar-refractivity contribution in [2.75, 3.05) is 13.3 Å². The quantitative estimate of drug-likeness (QED) is 0.546. The zero-order chi connectivity index (χ0) is 14.5. The first-order valence-electron chi connectivity index (χ1n) is 5.58. The summed E-state index contributed by atoms with van der Waals surface area (Å²) in [5.41, 5.74) is -0.906. The minimum Gasteiger partial charge on any atom is -0.549 e. The van der Waals surface area contributed by atoms with Crippen LogP contribution in [0.4, 0.5) is 0 Å². The second-order valence-corrected chi connectivity index (χ2v) is 6.70. The predicted molar refractivity (Wildman–Crippen MR) is 67.5 cm³/mol. The fourth-order valence-electron chi connectivity index (χ4n) is 1.68. The van der Waals surface area contributed by atoms with Gasteiger partial charge in [-0.15, -0.1) is 0 Å². The van der Waals surface area contributed by atoms with Crippen LogP contribution < -0.4 is 5.11 Å². The van der Waals surface area contributed by atoms with Crippen molar-refractivity contribution in [3.63, 3.8) is 0 Å². The van der Waals surface area contributed by atoms with E-state index in [4.69, 9.17) is 0 Å². The molecule has 7 heteroatoms. The van der Waals surface area contributed by atoms with Gasteiger partial charge in [0, 0.05) is 7.05 Å². The molecule has 0 radical (unpaired) electrons. The number of hydrogen-bond acceptors (Lipinski definition) is 4. The normalized spacial score (nSPS) is 15.3. The number of rotatable bonds is 7. The minimum absolute atomic E-state index is 0.107. The van der Waals surface area contributed by atoms with Crippen molar-refractivity contribution < 1.29 is 24.2 Å². The first-order chi connectivity index (χ1) is 8.86. The Hall–Kier alpha value is -1.65. The molecule has 1 aromatic carbocycles. The van der Waals surface area contributed by atoms with Crippen molar-refractivity contribution in [1.82, 2.24) is 4.90 Å². The number of benzene rings is 1. The van der Waals surface area contributed by atoms with E-state index in [2.05, 4.69) is 0 Å². The molecule has 1 aromatic rings. The summed E-state index contributed by atoms with van der Waals surface area (Å²) in [5.74, 6) is -1.59. The maximum absolute atomic E-state index is 12.1. The molecule has 0 aliphatic carbocycles. The predicted octanol–water partition coefficient (Wildman–Crippen LogP) is -0.336. The molecule has 0 saturated carbocycles. The Kier molecular flexibility index (Phi) is 5.27. The van der Waals surface area contributed by atoms with Gasteiger partial charge in [-0.05, 0) is 12.0 Å². The van der Waals surface area contributed by atoms with E-state index in [0.29, 0.717) is 12.0 Å². The maximum atomic E-state index is 12.1. The molecule has 0 heterocycles. The van der Waals surface area contributed by atoms with Crippen molar-refractivity contribution >= 4 is 19.7 Å². The lowest BCUT2D eigenvalue weighted by atomic mass is 10.1. The number of carboxylic acids is 1. The zero-order valence-corrected chi connectivity index (χ0v) is 11.3. The van der Waals surface area contributed by atoms with E-state index in [1.165, 1.54) is 7.05 Å². The average Bonchev–Trinajstić information content (AvgIpc) is 2.36. The number of amides is 1. The third-order valence-corrected chi connectivity index (χ3v) is 4.86. The number of nitrogens with zero attached hydrogens (tertiary/aromatic N) is 1. The zero-order valence-electron chi connectivity index (χ0n) is 10.4. The fourth-order valence-corrected chi connectivity index (χ4v) is 3.41. The maximum Gasteiger partial charge on any atom is 0.228 e. The summed E-state index contributed by atoms with van der Waals surface area (Å²) in [6.45, 7) is 0. The third kappa shape index (κ3) is 4.50. The van der Waals surface area contributed by atoms with Gasteiger partial charge in [-0.25, -0.2) is 0 Å². The Morgan fingerprint density at radius 1 is 1.47 bits per heavy atom. The van der Waals surface area contributed by atoms with Gasteiger partial charge < -0.3 is 19.7 Å². The van der Waals surface area contributed by atoms with E-state index in [-0.39, 0.29) is 6.42 Å². The molecule has 0 aliphatic heterocycles. The van der Waals surface area contributed by atoms with Crippen molar-refractivity contribution in [1.29, 1.82) is 0 Å². The van der Waals surface area contributed by atoms with Crippen LogP contribution in [0.1, 0.15) is 5.56 Å². The average molecular weight is 284 g/mol. The molecule has 0 aliphatic rings. The van der Waals surface area contributed by atoms with Gasteiger partial charge in [-0.1, -0.05) is 30.3 Å². The molecule has 0 aromatic heterocycles. The third-order valence-electron chi connectivity index (χ3n) is 2.64. The summed E-state index contributed by atoms with van der Waals surface area (Å²) in [4.78, 5) is 32.3. The van der Waals surface area contributed by atoms with E-state index in [0.717, 1.165) is 4.90 Å². The van der Waals surface area contributed by atoms with Gasteiger partial charge >= 0.3 is 0 Å². The van der Waals surface area contributed by atoms with Crippen LogP contribution in [-0.4, -0.2) is 41.2 Å². The molecular formula is C12H15NO5P-. The number of carbonyl (C=O) groups is 2. The highest BCUT2D eigenvalue weighted by atomic mass is 31.2. The van der Waals surface area contributed by atoms with Crippen molar-refractivity contribution in [3.05, 3.63) is 35.9 Å². The monoisotopic (exact) mass is 284 g/mol. The molecule has 2 atom stereocenters. The van der Waals surface area contributed by atoms with Gasteiger partial charge in [0.15, 0.2) is 0 Å². The van der Waals surface area contributed by atoms with Gasteiger partial charge in [0.1, 0.15) is 0 Å². The summed E-state index contributed by atoms with van der Waals surface area (Å²) >= 11 is 0. The molecule has 0 spiro atoms. The molecular weight excluding hydrogens is 269 g/mol. The Morgan fingerprint density at radius 3 is 2.53 bits per heavy atom. The molecule has 104 valence electrons. The van der Waals surface area contributed by atoms with Crippen molar-refractivity contribution in [3.8, 4) is 0 Å². The Labute approximate surface area is 111 Å². The molecule has 0 fully saturated rings. The van der Waals surface area contributed by atoms with E-state index >= 15 is 0 Å².